The first kappa shape index (κ1) is 36.0. The molecule has 39 heavy (non-hydrogen) atoms. The predicted octanol–water partition coefficient (Wildman–Crippen LogP) is 3.90. The summed E-state index contributed by atoms with van der Waals surface area (Å²) in [5.74, 6) is -2.66. The van der Waals surface area contributed by atoms with Gasteiger partial charge in [0.15, 0.2) is 0 Å². The molecular weight excluding hydrogens is 689 g/mol. The minimum Gasteiger partial charge on any atom is -0.870 e. The summed E-state index contributed by atoms with van der Waals surface area (Å²) in [6.07, 6.45) is 7.00. The fourth-order valence-corrected chi connectivity index (χ4v) is 2.98. The van der Waals surface area contributed by atoms with Crippen LogP contribution in [0.2, 0.25) is 0 Å². The molecule has 14 nitrogen and oxygen atoms in total. The summed E-state index contributed by atoms with van der Waals surface area (Å²) < 4.78 is 0. The average molecular weight is 709 g/mol. The Hall–Kier alpha value is -5.12. The van der Waals surface area contributed by atoms with Gasteiger partial charge in [0.05, 0.1) is 12.5 Å². The van der Waals surface area contributed by atoms with Crippen LogP contribution in [0, 0.1) is 0 Å². The van der Waals surface area contributed by atoms with Crippen LogP contribution in [-0.4, -0.2) is 44.7 Å². The maximum Gasteiger partial charge on any atom is 4.00 e. The molecule has 0 bridgehead atoms. The van der Waals surface area contributed by atoms with Crippen molar-refractivity contribution in [3.63, 3.8) is 0 Å². The van der Waals surface area contributed by atoms with Gasteiger partial charge in [-0.15, -0.1) is 0 Å². The minimum absolute atomic E-state index is 0. The van der Waals surface area contributed by atoms with Gasteiger partial charge < -0.3 is 37.5 Å². The van der Waals surface area contributed by atoms with Crippen molar-refractivity contribution in [1.82, 2.24) is 14.9 Å². The smallest absolute Gasteiger partial charge is 0.870 e. The summed E-state index contributed by atoms with van der Waals surface area (Å²) in [5, 5.41) is 12.0. The van der Waals surface area contributed by atoms with Crippen molar-refractivity contribution >= 4 is 28.6 Å². The van der Waals surface area contributed by atoms with Crippen LogP contribution in [0.4, 0.5) is 0 Å². The standard InChI is InChI=1S/C14H9NO4.2C5H5N.2N3.H2O.Pt/c16-11(17)7-15-13(18)9-5-1-3-8-4-2-6-10(12(8)9)14(15)19;2*1-2-4-6-5-3-1;2*1-3-2;;/h1-6H,7H2,(H,16,17);2*1-5H;;;1H2;/q;;;2*-1;;+4/p-2. The van der Waals surface area contributed by atoms with Crippen LogP contribution in [-0.2, 0) is 25.9 Å². The Labute approximate surface area is 236 Å². The molecule has 0 saturated heterocycles. The summed E-state index contributed by atoms with van der Waals surface area (Å²) in [5.41, 5.74) is 27.7. The van der Waals surface area contributed by atoms with E-state index in [1.807, 2.05) is 36.4 Å². The van der Waals surface area contributed by atoms with E-state index in [1.165, 1.54) is 9.82 Å². The van der Waals surface area contributed by atoms with Crippen molar-refractivity contribution in [1.29, 1.82) is 0 Å². The molecule has 0 aliphatic carbocycles. The van der Waals surface area contributed by atoms with Gasteiger partial charge >= 0.3 is 21.1 Å². The molecule has 1 aliphatic rings. The van der Waals surface area contributed by atoms with Crippen LogP contribution < -0.4 is 5.11 Å². The number of carbonyl (C=O) groups is 3. The third kappa shape index (κ3) is 12.1. The summed E-state index contributed by atoms with van der Waals surface area (Å²) in [6.45, 7) is -0.734. The second kappa shape index (κ2) is 21.0. The molecule has 1 aliphatic heterocycles. The van der Waals surface area contributed by atoms with Crippen LogP contribution in [0.25, 0.3) is 42.7 Å². The predicted molar refractivity (Wildman–Crippen MR) is 135 cm³/mol. The number of carbonyl (C=O) groups excluding carboxylic acids is 3. The van der Waals surface area contributed by atoms with Crippen molar-refractivity contribution in [2.24, 2.45) is 0 Å². The van der Waals surface area contributed by atoms with Gasteiger partial charge in [0, 0.05) is 41.3 Å². The Morgan fingerprint density at radius 2 is 1.08 bits per heavy atom. The summed E-state index contributed by atoms with van der Waals surface area (Å²) in [4.78, 5) is 46.3. The molecule has 200 valence electrons. The molecular formula is C24H19N9O5Pt. The number of carboxylic acid groups (broad SMARTS) is 1. The van der Waals surface area contributed by atoms with E-state index in [1.54, 1.807) is 61.2 Å². The van der Waals surface area contributed by atoms with Gasteiger partial charge in [-0.05, 0) is 41.8 Å². The number of nitrogens with zero attached hydrogens (tertiary/aromatic N) is 9. The Kier molecular flexibility index (Phi) is 19.4. The quantitative estimate of drug-likeness (QED) is 0.128. The van der Waals surface area contributed by atoms with E-state index in [9.17, 15) is 19.5 Å². The Balaban J connectivity index is 0. The number of amides is 2. The Morgan fingerprint density at radius 1 is 0.718 bits per heavy atom. The zero-order chi connectivity index (χ0) is 27.5. The number of aliphatic carboxylic acids is 1. The number of imide groups is 1. The van der Waals surface area contributed by atoms with Gasteiger partial charge in [-0.1, -0.05) is 36.4 Å². The molecule has 0 spiro atoms. The number of aromatic nitrogens is 2. The van der Waals surface area contributed by atoms with Gasteiger partial charge in [0.1, 0.15) is 0 Å². The molecule has 15 heteroatoms. The number of pyridine rings is 2. The number of hydrogen-bond acceptors (Lipinski definition) is 7. The fourth-order valence-electron chi connectivity index (χ4n) is 2.98. The molecule has 0 radical (unpaired) electrons. The molecule has 0 atom stereocenters. The second-order valence-electron chi connectivity index (χ2n) is 6.51. The van der Waals surface area contributed by atoms with E-state index in [4.69, 9.17) is 22.1 Å². The minimum atomic E-state index is -1.46. The first-order valence-electron chi connectivity index (χ1n) is 10.2. The van der Waals surface area contributed by atoms with E-state index in [2.05, 4.69) is 9.97 Å². The second-order valence-corrected chi connectivity index (χ2v) is 6.51. The van der Waals surface area contributed by atoms with Gasteiger partial charge in [0.25, 0.3) is 11.8 Å². The SMILES string of the molecule is O=C([O-])CN1C(=O)c2cccc3cccc(c23)C1=O.[N-]=[N+]=[N-].[N-]=[N+]=[N-].[OH-].[Pt+4].c1ccncc1.c1ccncc1. The Morgan fingerprint density at radius 3 is 1.33 bits per heavy atom. The van der Waals surface area contributed by atoms with Crippen LogP contribution in [0.5, 0.6) is 0 Å². The topological polar surface area (TPSA) is 251 Å². The largest absolute Gasteiger partial charge is 4.00 e. The first-order valence-corrected chi connectivity index (χ1v) is 10.2. The fraction of sp³-hybridized carbons (Fsp3) is 0.0417. The van der Waals surface area contributed by atoms with Crippen molar-refractivity contribution < 1.29 is 46.0 Å². The van der Waals surface area contributed by atoms with Gasteiger partial charge in [-0.3, -0.25) is 34.3 Å². The number of rotatable bonds is 2. The van der Waals surface area contributed by atoms with E-state index >= 15 is 0 Å². The number of benzene rings is 2. The maximum absolute atomic E-state index is 12.2. The maximum atomic E-state index is 12.2. The summed E-state index contributed by atoms with van der Waals surface area (Å²) in [7, 11) is 0. The molecule has 2 aromatic heterocycles. The molecule has 5 rings (SSSR count). The summed E-state index contributed by atoms with van der Waals surface area (Å²) >= 11 is 0. The molecule has 0 unspecified atom stereocenters. The average Bonchev–Trinajstić information content (AvgIpc) is 2.93. The van der Waals surface area contributed by atoms with Crippen LogP contribution >= 0.6 is 0 Å². The molecule has 0 fully saturated rings. The zero-order valence-electron chi connectivity index (χ0n) is 19.9. The molecule has 1 N–H and O–H groups in total. The van der Waals surface area contributed by atoms with Gasteiger partial charge in [-0.2, -0.15) is 0 Å². The molecule has 4 aromatic rings. The molecule has 2 aromatic carbocycles. The van der Waals surface area contributed by atoms with Crippen molar-refractivity contribution in [3.05, 3.63) is 141 Å². The van der Waals surface area contributed by atoms with Crippen molar-refractivity contribution in [2.45, 2.75) is 0 Å². The zero-order valence-corrected chi connectivity index (χ0v) is 22.1. The van der Waals surface area contributed by atoms with E-state index < -0.39 is 24.3 Å². The molecule has 2 amide bonds. The van der Waals surface area contributed by atoms with Crippen molar-refractivity contribution in [2.75, 3.05) is 6.54 Å². The van der Waals surface area contributed by atoms with E-state index in [0.717, 1.165) is 5.39 Å². The third-order valence-corrected chi connectivity index (χ3v) is 4.28. The monoisotopic (exact) mass is 708 g/mol. The van der Waals surface area contributed by atoms with E-state index in [0.29, 0.717) is 21.4 Å². The van der Waals surface area contributed by atoms with E-state index in [-0.39, 0.29) is 26.5 Å². The normalized spacial score (nSPS) is 9.69. The number of hydrogen-bond donors (Lipinski definition) is 0. The Bertz CT molecular complexity index is 1230. The number of carboxylic acids is 1. The van der Waals surface area contributed by atoms with Crippen molar-refractivity contribution in [3.8, 4) is 0 Å². The summed E-state index contributed by atoms with van der Waals surface area (Å²) in [6, 6.07) is 21.6. The van der Waals surface area contributed by atoms with Gasteiger partial charge in [-0.25, -0.2) is 0 Å². The van der Waals surface area contributed by atoms with Crippen LogP contribution in [0.3, 0.4) is 0 Å². The van der Waals surface area contributed by atoms with Gasteiger partial charge in [0.2, 0.25) is 0 Å². The molecule has 0 saturated carbocycles. The van der Waals surface area contributed by atoms with Crippen LogP contribution in [0.15, 0.2) is 97.6 Å². The first-order chi connectivity index (χ1) is 17.9. The third-order valence-electron chi connectivity index (χ3n) is 4.28. The van der Waals surface area contributed by atoms with Crippen LogP contribution in [0.1, 0.15) is 20.7 Å². The molecule has 3 heterocycles.